The van der Waals surface area contributed by atoms with Gasteiger partial charge in [0.25, 0.3) is 5.91 Å². The Labute approximate surface area is 146 Å². The second-order valence-electron chi connectivity index (χ2n) is 5.14. The van der Waals surface area contributed by atoms with Crippen molar-refractivity contribution in [3.8, 4) is 11.5 Å². The first kappa shape index (κ1) is 18.2. The van der Waals surface area contributed by atoms with Crippen LogP contribution in [-0.4, -0.2) is 37.6 Å². The molecule has 0 atom stereocenters. The van der Waals surface area contributed by atoms with Gasteiger partial charge in [-0.05, 0) is 31.2 Å². The average Bonchev–Trinajstić information content (AvgIpc) is 3.13. The van der Waals surface area contributed by atoms with Crippen molar-refractivity contribution in [2.75, 3.05) is 26.7 Å². The fourth-order valence-electron chi connectivity index (χ4n) is 2.06. The number of ether oxygens (including phenoxy) is 2. The van der Waals surface area contributed by atoms with Gasteiger partial charge in [0.1, 0.15) is 6.61 Å². The van der Waals surface area contributed by atoms with Gasteiger partial charge in [0.15, 0.2) is 11.5 Å². The van der Waals surface area contributed by atoms with Crippen LogP contribution in [0.2, 0.25) is 0 Å². The van der Waals surface area contributed by atoms with Crippen molar-refractivity contribution in [3.05, 3.63) is 40.3 Å². The van der Waals surface area contributed by atoms with Gasteiger partial charge in [-0.15, -0.1) is 11.3 Å². The van der Waals surface area contributed by atoms with Crippen molar-refractivity contribution in [1.82, 2.24) is 15.6 Å². The predicted molar refractivity (Wildman–Crippen MR) is 94.9 cm³/mol. The van der Waals surface area contributed by atoms with Crippen LogP contribution in [0.5, 0.6) is 11.5 Å². The van der Waals surface area contributed by atoms with E-state index in [0.29, 0.717) is 30.2 Å². The Hall–Kier alpha value is -2.12. The van der Waals surface area contributed by atoms with E-state index in [9.17, 15) is 4.79 Å². The Morgan fingerprint density at radius 1 is 1.25 bits per heavy atom. The first-order chi connectivity index (χ1) is 11.7. The lowest BCUT2D eigenvalue weighted by Crippen LogP contribution is -2.32. The van der Waals surface area contributed by atoms with Crippen molar-refractivity contribution >= 4 is 17.2 Å². The molecule has 0 aliphatic heterocycles. The van der Waals surface area contributed by atoms with E-state index in [4.69, 9.17) is 9.47 Å². The number of rotatable bonds is 10. The fraction of sp³-hybridized carbons (Fsp3) is 0.412. The van der Waals surface area contributed by atoms with Crippen LogP contribution in [0.25, 0.3) is 0 Å². The predicted octanol–water partition coefficient (Wildman–Crippen LogP) is 2.46. The van der Waals surface area contributed by atoms with E-state index in [2.05, 4.69) is 22.5 Å². The molecule has 2 rings (SSSR count). The molecule has 1 aromatic heterocycles. The minimum Gasteiger partial charge on any atom is -0.493 e. The van der Waals surface area contributed by atoms with Gasteiger partial charge in [0.05, 0.1) is 18.3 Å². The summed E-state index contributed by atoms with van der Waals surface area (Å²) in [5.74, 6) is 0.992. The number of hydrogen-bond donors (Lipinski definition) is 2. The molecule has 0 bridgehead atoms. The lowest BCUT2D eigenvalue weighted by atomic mass is 10.2. The van der Waals surface area contributed by atoms with Crippen molar-refractivity contribution in [2.24, 2.45) is 0 Å². The first-order valence-electron chi connectivity index (χ1n) is 7.91. The maximum Gasteiger partial charge on any atom is 0.251 e. The number of nitrogens with one attached hydrogen (secondary N) is 2. The van der Waals surface area contributed by atoms with Crippen LogP contribution in [0.4, 0.5) is 0 Å². The minimum atomic E-state index is -0.127. The smallest absolute Gasteiger partial charge is 0.251 e. The largest absolute Gasteiger partial charge is 0.493 e. The highest BCUT2D eigenvalue weighted by atomic mass is 32.1. The molecule has 130 valence electrons. The first-order valence-corrected chi connectivity index (χ1v) is 8.85. The highest BCUT2D eigenvalue weighted by Gasteiger charge is 2.11. The summed E-state index contributed by atoms with van der Waals surface area (Å²) >= 11 is 1.52. The molecule has 7 heteroatoms. The number of aromatic nitrogens is 1. The highest BCUT2D eigenvalue weighted by Crippen LogP contribution is 2.28. The molecular weight excluding hydrogens is 326 g/mol. The van der Waals surface area contributed by atoms with E-state index >= 15 is 0 Å². The zero-order valence-electron chi connectivity index (χ0n) is 14.0. The Morgan fingerprint density at radius 2 is 2.12 bits per heavy atom. The molecule has 1 heterocycles. The molecule has 0 aliphatic rings. The van der Waals surface area contributed by atoms with Crippen LogP contribution in [0.15, 0.2) is 29.1 Å². The number of hydrogen-bond acceptors (Lipinski definition) is 6. The molecule has 0 unspecified atom stereocenters. The molecule has 2 N–H and O–H groups in total. The molecule has 1 aromatic carbocycles. The molecule has 0 fully saturated rings. The van der Waals surface area contributed by atoms with Crippen LogP contribution in [0, 0.1) is 0 Å². The Morgan fingerprint density at radius 3 is 2.83 bits per heavy atom. The standard InChI is InChI=1S/C17H23N3O3S/c1-3-6-18-7-8-19-17(21)13-4-5-15(16(9-13)22-2)23-10-14-11-24-12-20-14/h4-5,9,11-12,18H,3,6-8,10H2,1-2H3,(H,19,21). The average molecular weight is 349 g/mol. The molecule has 24 heavy (non-hydrogen) atoms. The summed E-state index contributed by atoms with van der Waals surface area (Å²) in [6.07, 6.45) is 1.08. The van der Waals surface area contributed by atoms with E-state index in [1.54, 1.807) is 30.8 Å². The van der Waals surface area contributed by atoms with Crippen LogP contribution in [-0.2, 0) is 6.61 Å². The Bertz CT molecular complexity index is 632. The summed E-state index contributed by atoms with van der Waals surface area (Å²) < 4.78 is 11.0. The van der Waals surface area contributed by atoms with E-state index in [-0.39, 0.29) is 5.91 Å². The lowest BCUT2D eigenvalue weighted by molar-refractivity contribution is 0.0953. The summed E-state index contributed by atoms with van der Waals surface area (Å²) in [5, 5.41) is 8.05. The summed E-state index contributed by atoms with van der Waals surface area (Å²) in [5.41, 5.74) is 3.17. The molecule has 0 saturated heterocycles. The third-order valence-electron chi connectivity index (χ3n) is 3.30. The fourth-order valence-corrected chi connectivity index (χ4v) is 2.60. The third kappa shape index (κ3) is 5.50. The topological polar surface area (TPSA) is 72.5 Å². The molecule has 0 saturated carbocycles. The minimum absolute atomic E-state index is 0.127. The van der Waals surface area contributed by atoms with Crippen molar-refractivity contribution < 1.29 is 14.3 Å². The van der Waals surface area contributed by atoms with Crippen LogP contribution in [0.1, 0.15) is 29.4 Å². The van der Waals surface area contributed by atoms with E-state index in [1.807, 2.05) is 5.38 Å². The van der Waals surface area contributed by atoms with E-state index < -0.39 is 0 Å². The van der Waals surface area contributed by atoms with Crippen molar-refractivity contribution in [2.45, 2.75) is 20.0 Å². The zero-order chi connectivity index (χ0) is 17.2. The maximum atomic E-state index is 12.2. The number of benzene rings is 1. The zero-order valence-corrected chi connectivity index (χ0v) is 14.8. The van der Waals surface area contributed by atoms with Gasteiger partial charge in [-0.2, -0.15) is 0 Å². The van der Waals surface area contributed by atoms with Gasteiger partial charge in [0, 0.05) is 24.0 Å². The lowest BCUT2D eigenvalue weighted by Gasteiger charge is -2.12. The summed E-state index contributed by atoms with van der Waals surface area (Å²) in [6.45, 7) is 4.77. The van der Waals surface area contributed by atoms with Crippen LogP contribution >= 0.6 is 11.3 Å². The number of nitrogens with zero attached hydrogens (tertiary/aromatic N) is 1. The molecular formula is C17H23N3O3S. The summed E-state index contributed by atoms with van der Waals surface area (Å²) in [7, 11) is 1.56. The van der Waals surface area contributed by atoms with Crippen LogP contribution in [0.3, 0.4) is 0 Å². The highest BCUT2D eigenvalue weighted by molar-refractivity contribution is 7.07. The third-order valence-corrected chi connectivity index (χ3v) is 3.93. The molecule has 6 nitrogen and oxygen atoms in total. The van der Waals surface area contributed by atoms with Gasteiger partial charge in [-0.1, -0.05) is 6.92 Å². The molecule has 1 amide bonds. The molecule has 0 radical (unpaired) electrons. The normalized spacial score (nSPS) is 10.4. The van der Waals surface area contributed by atoms with E-state index in [1.165, 1.54) is 11.3 Å². The number of carbonyl (C=O) groups excluding carboxylic acids is 1. The second kappa shape index (κ2) is 9.89. The molecule has 0 aliphatic carbocycles. The maximum absolute atomic E-state index is 12.2. The van der Waals surface area contributed by atoms with Gasteiger partial charge in [-0.25, -0.2) is 4.98 Å². The number of methoxy groups -OCH3 is 1. The SMILES string of the molecule is CCCNCCNC(=O)c1ccc(OCc2cscn2)c(OC)c1. The number of thiazole rings is 1. The van der Waals surface area contributed by atoms with Crippen LogP contribution < -0.4 is 20.1 Å². The second-order valence-corrected chi connectivity index (χ2v) is 5.86. The number of carbonyl (C=O) groups is 1. The van der Waals surface area contributed by atoms with Crippen molar-refractivity contribution in [1.29, 1.82) is 0 Å². The monoisotopic (exact) mass is 349 g/mol. The quantitative estimate of drug-likeness (QED) is 0.645. The van der Waals surface area contributed by atoms with Gasteiger partial charge in [-0.3, -0.25) is 4.79 Å². The Kier molecular flexibility index (Phi) is 7.51. The van der Waals surface area contributed by atoms with Gasteiger partial charge >= 0.3 is 0 Å². The summed E-state index contributed by atoms with van der Waals surface area (Å²) in [4.78, 5) is 16.3. The van der Waals surface area contributed by atoms with Crippen molar-refractivity contribution in [3.63, 3.8) is 0 Å². The van der Waals surface area contributed by atoms with Gasteiger partial charge in [0.2, 0.25) is 0 Å². The number of amides is 1. The molecule has 0 spiro atoms. The summed E-state index contributed by atoms with van der Waals surface area (Å²) in [6, 6.07) is 5.16. The van der Waals surface area contributed by atoms with E-state index in [0.717, 1.165) is 25.2 Å². The Balaban J connectivity index is 1.90. The molecule has 2 aromatic rings. The van der Waals surface area contributed by atoms with Gasteiger partial charge < -0.3 is 20.1 Å².